The van der Waals surface area contributed by atoms with Crippen LogP contribution >= 0.6 is 11.6 Å². The highest BCUT2D eigenvalue weighted by atomic mass is 35.5. The molecule has 1 amide bonds. The van der Waals surface area contributed by atoms with Crippen molar-refractivity contribution in [1.29, 1.82) is 5.26 Å². The van der Waals surface area contributed by atoms with Gasteiger partial charge in [-0.15, -0.1) is 0 Å². The standard InChI is InChI=1S/C29H26ClF3N4O3.C2H6/c1-4-18(2)24(20-8-6-5-7-9-20)12-21(27(38)35-3)15-37-17-36-26(29(32,33)16-31)25(28(37)39)40-23-11-19(14-34)10-22(30)13-23;1-2/h5-13,17H,4,15-16H2,1-3H3,(H,35,38);1-2H3/b21-12-,24-18-;. The van der Waals surface area contributed by atoms with Crippen LogP contribution < -0.4 is 15.6 Å². The number of carbonyl (C=O) groups is 1. The molecule has 1 heterocycles. The summed E-state index contributed by atoms with van der Waals surface area (Å²) < 4.78 is 48.6. The van der Waals surface area contributed by atoms with Gasteiger partial charge in [-0.05, 0) is 48.8 Å². The molecule has 0 fully saturated rings. The molecule has 0 atom stereocenters. The minimum atomic E-state index is -4.15. The Kier molecular flexibility index (Phi) is 12.6. The summed E-state index contributed by atoms with van der Waals surface area (Å²) in [4.78, 5) is 30.0. The van der Waals surface area contributed by atoms with Gasteiger partial charge in [-0.25, -0.2) is 9.37 Å². The Morgan fingerprint density at radius 1 is 1.21 bits per heavy atom. The first kappa shape index (κ1) is 33.8. The van der Waals surface area contributed by atoms with Crippen molar-refractivity contribution in [3.63, 3.8) is 0 Å². The fourth-order valence-electron chi connectivity index (χ4n) is 3.77. The maximum atomic E-state index is 14.5. The van der Waals surface area contributed by atoms with Crippen molar-refractivity contribution in [1.82, 2.24) is 14.9 Å². The number of allylic oxidation sites excluding steroid dienone is 3. The first-order chi connectivity index (χ1) is 20.0. The van der Waals surface area contributed by atoms with Crippen LogP contribution in [0.15, 0.2) is 76.9 Å². The van der Waals surface area contributed by atoms with Crippen molar-refractivity contribution in [2.24, 2.45) is 0 Å². The summed E-state index contributed by atoms with van der Waals surface area (Å²) in [5.41, 5.74) is 0.406. The molecule has 2 aromatic carbocycles. The second kappa shape index (κ2) is 15.6. The number of benzene rings is 2. The third kappa shape index (κ3) is 8.33. The summed E-state index contributed by atoms with van der Waals surface area (Å²) in [5, 5.41) is 11.8. The summed E-state index contributed by atoms with van der Waals surface area (Å²) in [5.74, 6) is -5.83. The minimum Gasteiger partial charge on any atom is -0.449 e. The Morgan fingerprint density at radius 3 is 2.45 bits per heavy atom. The van der Waals surface area contributed by atoms with Crippen LogP contribution in [0.5, 0.6) is 11.5 Å². The van der Waals surface area contributed by atoms with Gasteiger partial charge in [-0.3, -0.25) is 14.2 Å². The lowest BCUT2D eigenvalue weighted by Gasteiger charge is -2.18. The lowest BCUT2D eigenvalue weighted by atomic mass is 9.96. The van der Waals surface area contributed by atoms with Crippen molar-refractivity contribution >= 4 is 23.1 Å². The topological polar surface area (TPSA) is 97.0 Å². The van der Waals surface area contributed by atoms with E-state index in [4.69, 9.17) is 16.3 Å². The number of hydrogen-bond acceptors (Lipinski definition) is 5. The molecular weight excluding hydrogens is 569 g/mol. The minimum absolute atomic E-state index is 0.0434. The van der Waals surface area contributed by atoms with Gasteiger partial charge < -0.3 is 10.1 Å². The highest BCUT2D eigenvalue weighted by Gasteiger charge is 2.39. The average Bonchev–Trinajstić information content (AvgIpc) is 3.01. The molecule has 1 aromatic heterocycles. The van der Waals surface area contributed by atoms with Gasteiger partial charge >= 0.3 is 5.92 Å². The largest absolute Gasteiger partial charge is 0.449 e. The van der Waals surface area contributed by atoms with E-state index in [0.29, 0.717) is 6.42 Å². The maximum Gasteiger partial charge on any atom is 0.321 e. The number of ether oxygens (including phenoxy) is 1. The summed E-state index contributed by atoms with van der Waals surface area (Å²) in [6, 6.07) is 14.8. The molecule has 222 valence electrons. The van der Waals surface area contributed by atoms with Gasteiger partial charge in [0.15, 0.2) is 12.4 Å². The van der Waals surface area contributed by atoms with E-state index in [1.54, 1.807) is 6.08 Å². The smallest absolute Gasteiger partial charge is 0.321 e. The monoisotopic (exact) mass is 600 g/mol. The first-order valence-electron chi connectivity index (χ1n) is 13.1. The zero-order valence-electron chi connectivity index (χ0n) is 24.0. The highest BCUT2D eigenvalue weighted by Crippen LogP contribution is 2.35. The molecule has 42 heavy (non-hydrogen) atoms. The van der Waals surface area contributed by atoms with Gasteiger partial charge in [0, 0.05) is 17.6 Å². The number of alkyl halides is 3. The first-order valence-corrected chi connectivity index (χ1v) is 13.5. The van der Waals surface area contributed by atoms with Crippen molar-refractivity contribution in [3.8, 4) is 17.6 Å². The van der Waals surface area contributed by atoms with Crippen LogP contribution in [-0.4, -0.2) is 29.2 Å². The van der Waals surface area contributed by atoms with E-state index in [0.717, 1.165) is 27.6 Å². The van der Waals surface area contributed by atoms with Crippen molar-refractivity contribution in [2.45, 2.75) is 46.6 Å². The summed E-state index contributed by atoms with van der Waals surface area (Å²) in [6.45, 7) is 5.37. The predicted octanol–water partition coefficient (Wildman–Crippen LogP) is 7.20. The molecule has 11 heteroatoms. The number of nitriles is 1. The van der Waals surface area contributed by atoms with Gasteiger partial charge in [0.1, 0.15) is 5.75 Å². The van der Waals surface area contributed by atoms with E-state index < -0.39 is 35.5 Å². The van der Waals surface area contributed by atoms with E-state index in [1.165, 1.54) is 25.2 Å². The molecule has 3 aromatic rings. The number of nitrogens with one attached hydrogen (secondary N) is 1. The third-order valence-corrected chi connectivity index (χ3v) is 6.20. The normalized spacial score (nSPS) is 12.0. The number of likely N-dealkylation sites (N-methyl/N-ethyl adjacent to an activating group) is 1. The molecule has 0 radical (unpaired) electrons. The number of aromatic nitrogens is 2. The second-order valence-corrected chi connectivity index (χ2v) is 9.18. The summed E-state index contributed by atoms with van der Waals surface area (Å²) >= 11 is 5.98. The number of carbonyl (C=O) groups excluding carboxylic acids is 1. The predicted molar refractivity (Wildman–Crippen MR) is 157 cm³/mol. The molecule has 0 aliphatic heterocycles. The molecule has 0 aliphatic carbocycles. The van der Waals surface area contributed by atoms with E-state index in [2.05, 4.69) is 10.3 Å². The molecular formula is C31H32ClF3N4O3. The number of nitrogens with zero attached hydrogens (tertiary/aromatic N) is 3. The van der Waals surface area contributed by atoms with Crippen LogP contribution in [0.1, 0.15) is 50.9 Å². The number of rotatable bonds is 10. The van der Waals surface area contributed by atoms with Crippen LogP contribution in [0.2, 0.25) is 5.02 Å². The Bertz CT molecular complexity index is 1560. The Labute approximate surface area is 247 Å². The zero-order chi connectivity index (χ0) is 31.4. The lowest BCUT2D eigenvalue weighted by molar-refractivity contribution is -0.117. The fraction of sp³-hybridized carbons (Fsp3) is 0.290. The Hall–Kier alpha value is -4.36. The maximum absolute atomic E-state index is 14.5. The van der Waals surface area contributed by atoms with Gasteiger partial charge in [0.25, 0.3) is 5.56 Å². The lowest BCUT2D eigenvalue weighted by Crippen LogP contribution is -2.31. The summed E-state index contributed by atoms with van der Waals surface area (Å²) in [7, 11) is 1.42. The number of amides is 1. The number of hydrogen-bond donors (Lipinski definition) is 1. The molecule has 0 aliphatic rings. The highest BCUT2D eigenvalue weighted by molar-refractivity contribution is 6.30. The molecule has 0 saturated carbocycles. The molecule has 7 nitrogen and oxygen atoms in total. The zero-order valence-corrected chi connectivity index (χ0v) is 24.7. The summed E-state index contributed by atoms with van der Waals surface area (Å²) in [6.07, 6.45) is 3.11. The van der Waals surface area contributed by atoms with E-state index >= 15 is 0 Å². The fourth-order valence-corrected chi connectivity index (χ4v) is 3.99. The third-order valence-electron chi connectivity index (χ3n) is 5.98. The van der Waals surface area contributed by atoms with Crippen LogP contribution in [0.25, 0.3) is 5.57 Å². The van der Waals surface area contributed by atoms with Gasteiger partial charge in [-0.2, -0.15) is 14.0 Å². The van der Waals surface area contributed by atoms with E-state index in [1.807, 2.05) is 64.1 Å². The van der Waals surface area contributed by atoms with Crippen molar-refractivity contribution < 1.29 is 22.7 Å². The van der Waals surface area contributed by atoms with Crippen LogP contribution in [0.4, 0.5) is 13.2 Å². The Balaban J connectivity index is 0.00000301. The molecule has 0 unspecified atom stereocenters. The van der Waals surface area contributed by atoms with E-state index in [-0.39, 0.29) is 28.5 Å². The van der Waals surface area contributed by atoms with Crippen molar-refractivity contribution in [3.05, 3.63) is 104 Å². The quantitative estimate of drug-likeness (QED) is 0.196. The van der Waals surface area contributed by atoms with Crippen LogP contribution in [0, 0.1) is 11.3 Å². The molecule has 0 spiro atoms. The number of halogens is 4. The van der Waals surface area contributed by atoms with E-state index in [9.17, 15) is 28.0 Å². The Morgan fingerprint density at radius 2 is 1.88 bits per heavy atom. The average molecular weight is 601 g/mol. The van der Waals surface area contributed by atoms with Gasteiger partial charge in [0.05, 0.1) is 24.5 Å². The SMILES string of the molecule is CC.CC/C(C)=C(/C=C(/Cn1cnc(C(F)(F)CF)c(Oc2cc(Cl)cc(C#N)c2)c1=O)C(=O)NC)c1ccccc1. The second-order valence-electron chi connectivity index (χ2n) is 8.75. The van der Waals surface area contributed by atoms with Crippen LogP contribution in [0.3, 0.4) is 0 Å². The van der Waals surface area contributed by atoms with Gasteiger partial charge in [0.2, 0.25) is 11.7 Å². The molecule has 1 N–H and O–H groups in total. The molecule has 0 saturated heterocycles. The molecule has 3 rings (SSSR count). The van der Waals surface area contributed by atoms with Crippen molar-refractivity contribution in [2.75, 3.05) is 13.7 Å². The van der Waals surface area contributed by atoms with Crippen LogP contribution in [-0.2, 0) is 17.3 Å². The molecule has 0 bridgehead atoms. The van der Waals surface area contributed by atoms with Gasteiger partial charge in [-0.1, -0.05) is 68.3 Å².